The highest BCUT2D eigenvalue weighted by Gasteiger charge is 2.22. The number of nitrogens with zero attached hydrogens (tertiary/aromatic N) is 1. The lowest BCUT2D eigenvalue weighted by Crippen LogP contribution is -2.44. The molecule has 418 valence electrons. The van der Waals surface area contributed by atoms with Crippen molar-refractivity contribution in [3.8, 4) is 0 Å². The largest absolute Gasteiger partial charge is 0.545 e. The summed E-state index contributed by atoms with van der Waals surface area (Å²) in [5, 5.41) is 11.8. The molecular weight excluding hydrogens is 911 g/mol. The standard InChI is InChI=1S/C64H109NO8/c1-6-8-10-12-14-16-18-20-22-24-26-27-28-29-30-31-32-33-34-35-37-39-41-43-45-47-49-51-53-55-62(67)73-60(59-72-64(63(68)69)70-57-56-65(3,4)5)58-71-61(66)54-52-50-48-46-44-42-40-38-36-25-23-21-19-17-15-13-11-9-7-2/h8,10,14-17,20-23,26-27,29-30,32-33,60,64H,6-7,9,11-13,18-19,24-25,28,31,34-59H2,1-5H3/b10-8-,16-14-,17-15-,22-20-,23-21-,27-26-,30-29-,33-32-. The minimum atomic E-state index is -1.63. The van der Waals surface area contributed by atoms with Crippen LogP contribution >= 0.6 is 0 Å². The highest BCUT2D eigenvalue weighted by Crippen LogP contribution is 2.15. The molecule has 0 aliphatic heterocycles. The number of unbranched alkanes of at least 4 members (excludes halogenated alkanes) is 22. The monoisotopic (exact) mass is 1020 g/mol. The molecule has 0 aromatic rings. The molecule has 0 saturated carbocycles. The first-order valence-corrected chi connectivity index (χ1v) is 29.4. The summed E-state index contributed by atoms with van der Waals surface area (Å²) >= 11 is 0. The normalized spacial score (nSPS) is 13.5. The van der Waals surface area contributed by atoms with Gasteiger partial charge < -0.3 is 33.3 Å². The second kappa shape index (κ2) is 54.5. The quantitative estimate of drug-likeness (QED) is 0.0195. The Balaban J connectivity index is 4.26. The molecule has 9 heteroatoms. The Morgan fingerprint density at radius 1 is 0.425 bits per heavy atom. The summed E-state index contributed by atoms with van der Waals surface area (Å²) in [6, 6.07) is 0. The Kier molecular flexibility index (Phi) is 51.6. The van der Waals surface area contributed by atoms with Crippen LogP contribution in [0.5, 0.6) is 0 Å². The number of likely N-dealkylation sites (N-methyl/N-ethyl adjacent to an activating group) is 1. The number of aliphatic carboxylic acids is 1. The molecule has 0 N–H and O–H groups in total. The van der Waals surface area contributed by atoms with Crippen molar-refractivity contribution in [3.63, 3.8) is 0 Å². The second-order valence-electron chi connectivity index (χ2n) is 20.5. The first-order valence-electron chi connectivity index (χ1n) is 29.4. The van der Waals surface area contributed by atoms with Crippen LogP contribution in [0.2, 0.25) is 0 Å². The van der Waals surface area contributed by atoms with Crippen LogP contribution in [0.15, 0.2) is 97.2 Å². The van der Waals surface area contributed by atoms with Gasteiger partial charge in [0.25, 0.3) is 0 Å². The zero-order valence-electron chi connectivity index (χ0n) is 47.5. The van der Waals surface area contributed by atoms with E-state index >= 15 is 0 Å². The molecule has 0 radical (unpaired) electrons. The van der Waals surface area contributed by atoms with E-state index in [2.05, 4.69) is 111 Å². The van der Waals surface area contributed by atoms with Gasteiger partial charge in [0.2, 0.25) is 0 Å². The van der Waals surface area contributed by atoms with Crippen LogP contribution in [-0.4, -0.2) is 82.3 Å². The van der Waals surface area contributed by atoms with Gasteiger partial charge >= 0.3 is 11.9 Å². The van der Waals surface area contributed by atoms with Crippen LogP contribution in [-0.2, 0) is 33.3 Å². The number of allylic oxidation sites excluding steroid dienone is 16. The van der Waals surface area contributed by atoms with E-state index in [-0.39, 0.29) is 38.6 Å². The van der Waals surface area contributed by atoms with Crippen molar-refractivity contribution < 1.29 is 42.9 Å². The maximum Gasteiger partial charge on any atom is 0.306 e. The number of carboxylic acid groups (broad SMARTS) is 1. The Bertz CT molecular complexity index is 1520. The highest BCUT2D eigenvalue weighted by atomic mass is 16.7. The van der Waals surface area contributed by atoms with E-state index in [0.29, 0.717) is 17.4 Å². The van der Waals surface area contributed by atoms with Crippen molar-refractivity contribution in [2.75, 3.05) is 47.5 Å². The average molecular weight is 1020 g/mol. The van der Waals surface area contributed by atoms with Crippen molar-refractivity contribution in [2.45, 2.75) is 245 Å². The van der Waals surface area contributed by atoms with Gasteiger partial charge in [0.15, 0.2) is 12.4 Å². The SMILES string of the molecule is CC/C=C\C/C=C\C/C=C\C/C=C\C/C=C\C/C=C\CCCCCCCCCCCCC(=O)OC(COC(=O)CCCCCCCCCCC/C=C\C/C=C\CCCCC)COC(OCC[N+](C)(C)C)C(=O)[O-]. The van der Waals surface area contributed by atoms with Gasteiger partial charge in [0, 0.05) is 12.8 Å². The predicted molar refractivity (Wildman–Crippen MR) is 306 cm³/mol. The van der Waals surface area contributed by atoms with Gasteiger partial charge in [0.1, 0.15) is 13.2 Å². The minimum Gasteiger partial charge on any atom is -0.545 e. The molecule has 0 aromatic heterocycles. The summed E-state index contributed by atoms with van der Waals surface area (Å²) in [7, 11) is 5.91. The van der Waals surface area contributed by atoms with E-state index < -0.39 is 24.3 Å². The van der Waals surface area contributed by atoms with Gasteiger partial charge in [-0.3, -0.25) is 9.59 Å². The Morgan fingerprint density at radius 2 is 0.781 bits per heavy atom. The first-order chi connectivity index (χ1) is 35.6. The van der Waals surface area contributed by atoms with Crippen molar-refractivity contribution >= 4 is 17.9 Å². The Morgan fingerprint density at radius 3 is 1.16 bits per heavy atom. The molecule has 9 nitrogen and oxygen atoms in total. The first kappa shape index (κ1) is 69.2. The number of esters is 2. The molecular formula is C64H109NO8. The Labute approximate surface area is 448 Å². The number of carbonyl (C=O) groups excluding carboxylic acids is 3. The van der Waals surface area contributed by atoms with Crippen LogP contribution in [0.3, 0.4) is 0 Å². The summed E-state index contributed by atoms with van der Waals surface area (Å²) < 4.78 is 22.7. The van der Waals surface area contributed by atoms with E-state index in [9.17, 15) is 19.5 Å². The van der Waals surface area contributed by atoms with Crippen molar-refractivity contribution in [1.82, 2.24) is 0 Å². The molecule has 0 amide bonds. The van der Waals surface area contributed by atoms with E-state index in [1.54, 1.807) is 0 Å². The molecule has 2 atom stereocenters. The van der Waals surface area contributed by atoms with Gasteiger partial charge in [-0.1, -0.05) is 220 Å². The van der Waals surface area contributed by atoms with E-state index in [1.807, 2.05) is 21.1 Å². The number of rotatable bonds is 53. The number of carbonyl (C=O) groups is 3. The van der Waals surface area contributed by atoms with Crippen LogP contribution < -0.4 is 5.11 Å². The van der Waals surface area contributed by atoms with Gasteiger partial charge in [-0.25, -0.2) is 0 Å². The zero-order chi connectivity index (χ0) is 53.4. The highest BCUT2D eigenvalue weighted by molar-refractivity contribution is 5.70. The number of hydrogen-bond acceptors (Lipinski definition) is 8. The van der Waals surface area contributed by atoms with Crippen molar-refractivity contribution in [3.05, 3.63) is 97.2 Å². The molecule has 0 aromatic carbocycles. The summed E-state index contributed by atoms with van der Waals surface area (Å²) in [6.45, 7) is 4.60. The number of hydrogen-bond donors (Lipinski definition) is 0. The van der Waals surface area contributed by atoms with E-state index in [1.165, 1.54) is 103 Å². The van der Waals surface area contributed by atoms with Crippen LogP contribution in [0.25, 0.3) is 0 Å². The van der Waals surface area contributed by atoms with E-state index in [0.717, 1.165) is 96.3 Å². The third-order valence-corrected chi connectivity index (χ3v) is 12.3. The number of ether oxygens (including phenoxy) is 4. The lowest BCUT2D eigenvalue weighted by atomic mass is 10.0. The second-order valence-corrected chi connectivity index (χ2v) is 20.5. The molecule has 0 aliphatic carbocycles. The smallest absolute Gasteiger partial charge is 0.306 e. The third-order valence-electron chi connectivity index (χ3n) is 12.3. The molecule has 0 spiro atoms. The van der Waals surface area contributed by atoms with E-state index in [4.69, 9.17) is 18.9 Å². The van der Waals surface area contributed by atoms with Gasteiger partial charge in [-0.15, -0.1) is 0 Å². The molecule has 0 fully saturated rings. The van der Waals surface area contributed by atoms with Crippen LogP contribution in [0, 0.1) is 0 Å². The van der Waals surface area contributed by atoms with Gasteiger partial charge in [-0.05, 0) is 96.3 Å². The fourth-order valence-corrected chi connectivity index (χ4v) is 7.80. The number of quaternary nitrogens is 1. The van der Waals surface area contributed by atoms with Gasteiger partial charge in [0.05, 0.1) is 40.3 Å². The van der Waals surface area contributed by atoms with Crippen LogP contribution in [0.4, 0.5) is 0 Å². The van der Waals surface area contributed by atoms with Crippen LogP contribution in [0.1, 0.15) is 232 Å². The maximum atomic E-state index is 12.9. The topological polar surface area (TPSA) is 111 Å². The molecule has 0 rings (SSSR count). The molecule has 73 heavy (non-hydrogen) atoms. The maximum absolute atomic E-state index is 12.9. The lowest BCUT2D eigenvalue weighted by Gasteiger charge is -2.26. The zero-order valence-corrected chi connectivity index (χ0v) is 47.5. The summed E-state index contributed by atoms with van der Waals surface area (Å²) in [4.78, 5) is 37.3. The lowest BCUT2D eigenvalue weighted by molar-refractivity contribution is -0.870. The molecule has 0 aliphatic rings. The minimum absolute atomic E-state index is 0.142. The molecule has 0 saturated heterocycles. The summed E-state index contributed by atoms with van der Waals surface area (Å²) in [6.07, 6.45) is 70.2. The summed E-state index contributed by atoms with van der Waals surface area (Å²) in [5.41, 5.74) is 0. The molecule has 0 bridgehead atoms. The van der Waals surface area contributed by atoms with Crippen molar-refractivity contribution in [1.29, 1.82) is 0 Å². The molecule has 2 unspecified atom stereocenters. The third kappa shape index (κ3) is 55.8. The summed E-state index contributed by atoms with van der Waals surface area (Å²) in [5.74, 6) is -2.30. The van der Waals surface area contributed by atoms with Gasteiger partial charge in [-0.2, -0.15) is 0 Å². The predicted octanol–water partition coefficient (Wildman–Crippen LogP) is 16.0. The Hall–Kier alpha value is -3.79. The molecule has 0 heterocycles. The number of carboxylic acids is 1. The fraction of sp³-hybridized carbons (Fsp3) is 0.703. The fourth-order valence-electron chi connectivity index (χ4n) is 7.80. The van der Waals surface area contributed by atoms with Crippen molar-refractivity contribution in [2.24, 2.45) is 0 Å². The average Bonchev–Trinajstić information content (AvgIpc) is 3.36.